The zero-order chi connectivity index (χ0) is 17.7. The Balaban J connectivity index is 2.14. The van der Waals surface area contributed by atoms with Crippen LogP contribution < -0.4 is 4.83 Å². The van der Waals surface area contributed by atoms with Crippen LogP contribution in [0, 0.1) is 13.8 Å². The Morgan fingerprint density at radius 3 is 2.58 bits per heavy atom. The lowest BCUT2D eigenvalue weighted by molar-refractivity contribution is 0.569. The third-order valence-corrected chi connectivity index (χ3v) is 5.17. The summed E-state index contributed by atoms with van der Waals surface area (Å²) in [6.07, 6.45) is 3.39. The zero-order valence-corrected chi connectivity index (χ0v) is 15.5. The highest BCUT2D eigenvalue weighted by Crippen LogP contribution is 2.18. The quantitative estimate of drug-likeness (QED) is 0.602. The van der Waals surface area contributed by atoms with E-state index in [1.54, 1.807) is 16.8 Å². The van der Waals surface area contributed by atoms with Crippen molar-refractivity contribution in [3.63, 3.8) is 0 Å². The molecule has 8 heteroatoms. The van der Waals surface area contributed by atoms with Gasteiger partial charge in [-0.1, -0.05) is 42.6 Å². The number of hydrazone groups is 1. The molecule has 0 bridgehead atoms. The van der Waals surface area contributed by atoms with Crippen LogP contribution in [0.25, 0.3) is 0 Å². The van der Waals surface area contributed by atoms with Gasteiger partial charge in [-0.2, -0.15) is 18.6 Å². The first kappa shape index (κ1) is 18.5. The number of nitrogens with zero attached hydrogens (tertiary/aromatic N) is 3. The summed E-state index contributed by atoms with van der Waals surface area (Å²) in [6.45, 7) is 6.51. The van der Waals surface area contributed by atoms with E-state index in [0.29, 0.717) is 16.4 Å². The third-order valence-electron chi connectivity index (χ3n) is 3.53. The number of sulfonamides is 1. The molecule has 1 aromatic carbocycles. The summed E-state index contributed by atoms with van der Waals surface area (Å²) in [5, 5.41) is 8.63. The lowest BCUT2D eigenvalue weighted by Gasteiger charge is -2.03. The van der Waals surface area contributed by atoms with Crippen molar-refractivity contribution in [2.45, 2.75) is 45.1 Å². The standard InChI is InChI=1S/C16H21ClN4O2S/c1-4-5-10-21-16(17)15(13(3)19-21)11-18-20-24(22,23)14-8-6-12(2)7-9-14/h6-9,11,20H,4-5,10H2,1-3H3/b18-11-. The molecule has 0 fully saturated rings. The number of aryl methyl sites for hydroxylation is 3. The number of unbranched alkanes of at least 4 members (excludes halogenated alkanes) is 1. The topological polar surface area (TPSA) is 76.3 Å². The fourth-order valence-corrected chi connectivity index (χ4v) is 3.20. The van der Waals surface area contributed by atoms with E-state index in [1.165, 1.54) is 18.3 Å². The summed E-state index contributed by atoms with van der Waals surface area (Å²) < 4.78 is 26.0. The molecule has 0 unspecified atom stereocenters. The average Bonchev–Trinajstić information content (AvgIpc) is 2.80. The van der Waals surface area contributed by atoms with Gasteiger partial charge in [0.15, 0.2) is 0 Å². The smallest absolute Gasteiger partial charge is 0.253 e. The van der Waals surface area contributed by atoms with Gasteiger partial charge < -0.3 is 0 Å². The summed E-state index contributed by atoms with van der Waals surface area (Å²) in [5.74, 6) is 0. The Bertz CT molecular complexity index is 827. The first-order chi connectivity index (χ1) is 11.3. The molecule has 6 nitrogen and oxygen atoms in total. The van der Waals surface area contributed by atoms with E-state index < -0.39 is 10.0 Å². The van der Waals surface area contributed by atoms with E-state index in [-0.39, 0.29) is 4.90 Å². The first-order valence-electron chi connectivity index (χ1n) is 7.69. The second-order valence-corrected chi connectivity index (χ2v) is 7.55. The lowest BCUT2D eigenvalue weighted by atomic mass is 10.2. The maximum absolute atomic E-state index is 12.2. The largest absolute Gasteiger partial charge is 0.276 e. The van der Waals surface area contributed by atoms with Gasteiger partial charge in [0.2, 0.25) is 0 Å². The Kier molecular flexibility index (Phi) is 6.01. The van der Waals surface area contributed by atoms with E-state index in [0.717, 1.165) is 24.9 Å². The number of aromatic nitrogens is 2. The van der Waals surface area contributed by atoms with Gasteiger partial charge in [0.1, 0.15) is 5.15 Å². The van der Waals surface area contributed by atoms with Crippen LogP contribution in [-0.2, 0) is 16.6 Å². The van der Waals surface area contributed by atoms with Crippen molar-refractivity contribution in [1.82, 2.24) is 14.6 Å². The van der Waals surface area contributed by atoms with Crippen LogP contribution >= 0.6 is 11.6 Å². The average molecular weight is 369 g/mol. The number of rotatable bonds is 7. The molecule has 1 N–H and O–H groups in total. The lowest BCUT2D eigenvalue weighted by Crippen LogP contribution is -2.18. The van der Waals surface area contributed by atoms with Crippen LogP contribution in [0.1, 0.15) is 36.6 Å². The highest BCUT2D eigenvalue weighted by molar-refractivity contribution is 7.89. The molecule has 0 saturated carbocycles. The molecule has 0 radical (unpaired) electrons. The van der Waals surface area contributed by atoms with Gasteiger partial charge in [0.25, 0.3) is 10.0 Å². The van der Waals surface area contributed by atoms with Crippen molar-refractivity contribution < 1.29 is 8.42 Å². The van der Waals surface area contributed by atoms with Crippen molar-refractivity contribution in [3.8, 4) is 0 Å². The van der Waals surface area contributed by atoms with E-state index in [2.05, 4.69) is 22.0 Å². The predicted octanol–water partition coefficient (Wildman–Crippen LogP) is 3.27. The Morgan fingerprint density at radius 1 is 1.29 bits per heavy atom. The van der Waals surface area contributed by atoms with E-state index in [9.17, 15) is 8.42 Å². The van der Waals surface area contributed by atoms with Crippen LogP contribution in [0.15, 0.2) is 34.3 Å². The van der Waals surface area contributed by atoms with Gasteiger partial charge >= 0.3 is 0 Å². The fraction of sp³-hybridized carbons (Fsp3) is 0.375. The number of hydrogen-bond acceptors (Lipinski definition) is 4. The number of hydrogen-bond donors (Lipinski definition) is 1. The summed E-state index contributed by atoms with van der Waals surface area (Å²) in [6, 6.07) is 6.54. The van der Waals surface area contributed by atoms with Crippen molar-refractivity contribution in [3.05, 3.63) is 46.2 Å². The summed E-state index contributed by atoms with van der Waals surface area (Å²) >= 11 is 6.28. The number of halogens is 1. The maximum atomic E-state index is 12.2. The molecule has 0 aliphatic rings. The monoisotopic (exact) mass is 368 g/mol. The van der Waals surface area contributed by atoms with E-state index in [1.807, 2.05) is 13.8 Å². The van der Waals surface area contributed by atoms with E-state index >= 15 is 0 Å². The molecule has 0 aliphatic heterocycles. The van der Waals surface area contributed by atoms with Crippen LogP contribution in [0.5, 0.6) is 0 Å². The van der Waals surface area contributed by atoms with Crippen LogP contribution in [0.3, 0.4) is 0 Å². The van der Waals surface area contributed by atoms with Crippen molar-refractivity contribution >= 4 is 27.8 Å². The molecule has 2 aromatic rings. The number of benzene rings is 1. The molecule has 0 amide bonds. The Hall–Kier alpha value is -1.86. The molecular formula is C16H21ClN4O2S. The normalized spacial score (nSPS) is 12.0. The molecule has 0 spiro atoms. The van der Waals surface area contributed by atoms with Crippen molar-refractivity contribution in [1.29, 1.82) is 0 Å². The second kappa shape index (κ2) is 7.81. The van der Waals surface area contributed by atoms with Gasteiger partial charge in [-0.3, -0.25) is 4.68 Å². The van der Waals surface area contributed by atoms with Crippen molar-refractivity contribution in [2.75, 3.05) is 0 Å². The first-order valence-corrected chi connectivity index (χ1v) is 9.55. The van der Waals surface area contributed by atoms with Gasteiger partial charge in [0, 0.05) is 6.54 Å². The minimum atomic E-state index is -3.70. The summed E-state index contributed by atoms with van der Waals surface area (Å²) in [4.78, 5) is 2.36. The maximum Gasteiger partial charge on any atom is 0.276 e. The molecule has 2 rings (SSSR count). The van der Waals surface area contributed by atoms with Gasteiger partial charge in [-0.25, -0.2) is 4.83 Å². The summed E-state index contributed by atoms with van der Waals surface area (Å²) in [5.41, 5.74) is 2.30. The third kappa shape index (κ3) is 4.36. The highest BCUT2D eigenvalue weighted by atomic mass is 35.5. The minimum Gasteiger partial charge on any atom is -0.253 e. The van der Waals surface area contributed by atoms with Crippen LogP contribution in [0.2, 0.25) is 5.15 Å². The molecule has 1 heterocycles. The van der Waals surface area contributed by atoms with E-state index in [4.69, 9.17) is 11.6 Å². The highest BCUT2D eigenvalue weighted by Gasteiger charge is 2.14. The molecule has 0 saturated heterocycles. The van der Waals surface area contributed by atoms with Gasteiger partial charge in [-0.15, -0.1) is 0 Å². The zero-order valence-electron chi connectivity index (χ0n) is 14.0. The van der Waals surface area contributed by atoms with Crippen LogP contribution in [0.4, 0.5) is 0 Å². The summed E-state index contributed by atoms with van der Waals surface area (Å²) in [7, 11) is -3.70. The molecule has 130 valence electrons. The second-order valence-electron chi connectivity index (χ2n) is 5.53. The Morgan fingerprint density at radius 2 is 1.96 bits per heavy atom. The molecule has 0 aliphatic carbocycles. The molecule has 0 atom stereocenters. The predicted molar refractivity (Wildman–Crippen MR) is 96.0 cm³/mol. The molecule has 1 aromatic heterocycles. The molecule has 24 heavy (non-hydrogen) atoms. The van der Waals surface area contributed by atoms with Gasteiger partial charge in [-0.05, 0) is 32.4 Å². The van der Waals surface area contributed by atoms with Crippen molar-refractivity contribution in [2.24, 2.45) is 5.10 Å². The fourth-order valence-electron chi connectivity index (χ4n) is 2.10. The SMILES string of the molecule is CCCCn1nc(C)c(/C=N\NS(=O)(=O)c2ccc(C)cc2)c1Cl. The van der Waals surface area contributed by atoms with Crippen LogP contribution in [-0.4, -0.2) is 24.4 Å². The number of nitrogens with one attached hydrogen (secondary N) is 1. The minimum absolute atomic E-state index is 0.159. The van der Waals surface area contributed by atoms with Gasteiger partial charge in [0.05, 0.1) is 22.4 Å². The molecular weight excluding hydrogens is 348 g/mol. The Labute approximate surface area is 147 Å².